The lowest BCUT2D eigenvalue weighted by Gasteiger charge is -2.14. The quantitative estimate of drug-likeness (QED) is 0.849. The number of amides is 1. The molecule has 0 aromatic heterocycles. The first kappa shape index (κ1) is 17.5. The van der Waals surface area contributed by atoms with Gasteiger partial charge in [0.25, 0.3) is 0 Å². The molecule has 1 unspecified atom stereocenters. The number of carbonyl (C=O) groups is 1. The Morgan fingerprint density at radius 1 is 1.24 bits per heavy atom. The fraction of sp³-hybridized carbons (Fsp3) is 0.533. The van der Waals surface area contributed by atoms with Gasteiger partial charge in [0.1, 0.15) is 0 Å². The Hall–Kier alpha value is -1.56. The molecule has 3 nitrogen and oxygen atoms in total. The maximum atomic E-state index is 12.4. The summed E-state index contributed by atoms with van der Waals surface area (Å²) in [7, 11) is 0. The standard InChI is InChI=1S/C15H20F3NO2/c1-10(2)13(20)7-8-19-14(21)9-11-3-5-12(6-4-11)15(16,17)18/h3-6,10,13,20H,7-9H2,1-2H3,(H,19,21). The van der Waals surface area contributed by atoms with E-state index in [1.165, 1.54) is 12.1 Å². The van der Waals surface area contributed by atoms with Crippen molar-refractivity contribution >= 4 is 5.91 Å². The van der Waals surface area contributed by atoms with Crippen molar-refractivity contribution in [1.82, 2.24) is 5.32 Å². The maximum absolute atomic E-state index is 12.4. The van der Waals surface area contributed by atoms with Gasteiger partial charge in [0, 0.05) is 6.54 Å². The SMILES string of the molecule is CC(C)C(O)CCNC(=O)Cc1ccc(C(F)(F)F)cc1. The van der Waals surface area contributed by atoms with Crippen molar-refractivity contribution in [3.8, 4) is 0 Å². The van der Waals surface area contributed by atoms with Gasteiger partial charge in [-0.1, -0.05) is 26.0 Å². The second kappa shape index (κ2) is 7.45. The second-order valence-electron chi connectivity index (χ2n) is 5.32. The van der Waals surface area contributed by atoms with Gasteiger partial charge < -0.3 is 10.4 Å². The van der Waals surface area contributed by atoms with Crippen LogP contribution in [-0.2, 0) is 17.4 Å². The number of nitrogens with one attached hydrogen (secondary N) is 1. The zero-order valence-corrected chi connectivity index (χ0v) is 12.1. The largest absolute Gasteiger partial charge is 0.416 e. The van der Waals surface area contributed by atoms with Crippen molar-refractivity contribution in [3.63, 3.8) is 0 Å². The average Bonchev–Trinajstić information content (AvgIpc) is 2.38. The lowest BCUT2D eigenvalue weighted by molar-refractivity contribution is -0.137. The molecule has 0 aliphatic carbocycles. The fourth-order valence-corrected chi connectivity index (χ4v) is 1.75. The van der Waals surface area contributed by atoms with Crippen LogP contribution >= 0.6 is 0 Å². The molecule has 1 atom stereocenters. The molecule has 0 fully saturated rings. The van der Waals surface area contributed by atoms with Gasteiger partial charge in [-0.3, -0.25) is 4.79 Å². The molecular weight excluding hydrogens is 283 g/mol. The number of hydrogen-bond acceptors (Lipinski definition) is 2. The Morgan fingerprint density at radius 3 is 2.29 bits per heavy atom. The summed E-state index contributed by atoms with van der Waals surface area (Å²) in [6.07, 6.45) is -4.36. The molecule has 0 bridgehead atoms. The van der Waals surface area contributed by atoms with E-state index in [9.17, 15) is 23.1 Å². The van der Waals surface area contributed by atoms with Crippen LogP contribution in [-0.4, -0.2) is 23.7 Å². The van der Waals surface area contributed by atoms with Crippen molar-refractivity contribution in [2.45, 2.75) is 39.0 Å². The monoisotopic (exact) mass is 303 g/mol. The number of aliphatic hydroxyl groups is 1. The number of carbonyl (C=O) groups excluding carboxylic acids is 1. The van der Waals surface area contributed by atoms with E-state index in [1.54, 1.807) is 0 Å². The molecule has 1 aromatic carbocycles. The summed E-state index contributed by atoms with van der Waals surface area (Å²) in [6.45, 7) is 4.11. The molecule has 118 valence electrons. The first-order valence-corrected chi connectivity index (χ1v) is 6.81. The average molecular weight is 303 g/mol. The van der Waals surface area contributed by atoms with Crippen molar-refractivity contribution < 1.29 is 23.1 Å². The maximum Gasteiger partial charge on any atom is 0.416 e. The van der Waals surface area contributed by atoms with Crippen molar-refractivity contribution in [3.05, 3.63) is 35.4 Å². The molecule has 0 radical (unpaired) electrons. The summed E-state index contributed by atoms with van der Waals surface area (Å²) in [5.41, 5.74) is -0.211. The van der Waals surface area contributed by atoms with E-state index >= 15 is 0 Å². The van der Waals surface area contributed by atoms with Crippen LogP contribution in [0.2, 0.25) is 0 Å². The fourth-order valence-electron chi connectivity index (χ4n) is 1.75. The van der Waals surface area contributed by atoms with Gasteiger partial charge >= 0.3 is 6.18 Å². The van der Waals surface area contributed by atoms with E-state index in [0.717, 1.165) is 12.1 Å². The van der Waals surface area contributed by atoms with Crippen LogP contribution in [0.1, 0.15) is 31.4 Å². The first-order valence-electron chi connectivity index (χ1n) is 6.81. The summed E-state index contributed by atoms with van der Waals surface area (Å²) in [6, 6.07) is 4.52. The van der Waals surface area contributed by atoms with Gasteiger partial charge in [0.05, 0.1) is 18.1 Å². The van der Waals surface area contributed by atoms with Crippen LogP contribution in [0.15, 0.2) is 24.3 Å². The number of hydrogen-bond donors (Lipinski definition) is 2. The third kappa shape index (κ3) is 6.16. The molecule has 0 heterocycles. The second-order valence-corrected chi connectivity index (χ2v) is 5.32. The third-order valence-corrected chi connectivity index (χ3v) is 3.18. The number of alkyl halides is 3. The first-order chi connectivity index (χ1) is 9.70. The molecule has 2 N–H and O–H groups in total. The van der Waals surface area contributed by atoms with Crippen LogP contribution in [0, 0.1) is 5.92 Å². The summed E-state index contributed by atoms with van der Waals surface area (Å²) < 4.78 is 37.2. The smallest absolute Gasteiger partial charge is 0.393 e. The van der Waals surface area contributed by atoms with Gasteiger partial charge in [-0.2, -0.15) is 13.2 Å². The van der Waals surface area contributed by atoms with Crippen LogP contribution in [0.5, 0.6) is 0 Å². The molecule has 1 rings (SSSR count). The third-order valence-electron chi connectivity index (χ3n) is 3.18. The highest BCUT2D eigenvalue weighted by Crippen LogP contribution is 2.29. The summed E-state index contributed by atoms with van der Waals surface area (Å²) in [5, 5.41) is 12.2. The normalized spacial score (nSPS) is 13.3. The predicted molar refractivity (Wildman–Crippen MR) is 73.6 cm³/mol. The molecule has 21 heavy (non-hydrogen) atoms. The molecule has 0 saturated heterocycles. The van der Waals surface area contributed by atoms with E-state index in [2.05, 4.69) is 5.32 Å². The van der Waals surface area contributed by atoms with Crippen LogP contribution in [0.25, 0.3) is 0 Å². The molecule has 0 aliphatic rings. The summed E-state index contributed by atoms with van der Waals surface area (Å²) in [4.78, 5) is 11.6. The van der Waals surface area contributed by atoms with Gasteiger partial charge in [0.15, 0.2) is 0 Å². The Kier molecular flexibility index (Phi) is 6.20. The Labute approximate surface area is 122 Å². The van der Waals surface area contributed by atoms with Gasteiger partial charge in [-0.15, -0.1) is 0 Å². The zero-order valence-electron chi connectivity index (χ0n) is 12.1. The topological polar surface area (TPSA) is 49.3 Å². The van der Waals surface area contributed by atoms with Crippen molar-refractivity contribution in [1.29, 1.82) is 0 Å². The highest BCUT2D eigenvalue weighted by atomic mass is 19.4. The van der Waals surface area contributed by atoms with Gasteiger partial charge in [-0.05, 0) is 30.0 Å². The minimum Gasteiger partial charge on any atom is -0.393 e. The zero-order chi connectivity index (χ0) is 16.0. The molecule has 0 saturated carbocycles. The number of halogens is 3. The minimum atomic E-state index is -4.37. The Bertz CT molecular complexity index is 455. The van der Waals surface area contributed by atoms with Crippen molar-refractivity contribution in [2.75, 3.05) is 6.54 Å². The molecule has 1 amide bonds. The number of rotatable bonds is 6. The molecule has 6 heteroatoms. The van der Waals surface area contributed by atoms with Crippen LogP contribution in [0.3, 0.4) is 0 Å². The van der Waals surface area contributed by atoms with E-state index in [1.807, 2.05) is 13.8 Å². The lowest BCUT2D eigenvalue weighted by atomic mass is 10.0. The highest BCUT2D eigenvalue weighted by molar-refractivity contribution is 5.78. The van der Waals surface area contributed by atoms with Gasteiger partial charge in [0.2, 0.25) is 5.91 Å². The van der Waals surface area contributed by atoms with E-state index in [-0.39, 0.29) is 18.2 Å². The summed E-state index contributed by atoms with van der Waals surface area (Å²) in [5.74, 6) is -0.150. The van der Waals surface area contributed by atoms with Gasteiger partial charge in [-0.25, -0.2) is 0 Å². The Balaban J connectivity index is 2.41. The molecule has 0 spiro atoms. The van der Waals surface area contributed by atoms with E-state index in [4.69, 9.17) is 0 Å². The number of aliphatic hydroxyl groups excluding tert-OH is 1. The van der Waals surface area contributed by atoms with Crippen LogP contribution in [0.4, 0.5) is 13.2 Å². The predicted octanol–water partition coefficient (Wildman–Crippen LogP) is 2.77. The van der Waals surface area contributed by atoms with E-state index in [0.29, 0.717) is 18.5 Å². The summed E-state index contributed by atoms with van der Waals surface area (Å²) >= 11 is 0. The Morgan fingerprint density at radius 2 is 1.81 bits per heavy atom. The molecule has 1 aromatic rings. The minimum absolute atomic E-state index is 0.0237. The lowest BCUT2D eigenvalue weighted by Crippen LogP contribution is -2.29. The van der Waals surface area contributed by atoms with E-state index < -0.39 is 17.8 Å². The molecule has 0 aliphatic heterocycles. The van der Waals surface area contributed by atoms with Crippen LogP contribution < -0.4 is 5.32 Å². The highest BCUT2D eigenvalue weighted by Gasteiger charge is 2.29. The number of benzene rings is 1. The molecular formula is C15H20F3NO2. The van der Waals surface area contributed by atoms with Crippen molar-refractivity contribution in [2.24, 2.45) is 5.92 Å².